The average molecular weight is 392 g/mol. The molecule has 2 N–H and O–H groups in total. The molecular formula is C24H29N3O2. The van der Waals surface area contributed by atoms with Gasteiger partial charge in [-0.05, 0) is 42.5 Å². The molecule has 5 heteroatoms. The lowest BCUT2D eigenvalue weighted by Gasteiger charge is -2.32. The number of ether oxygens (including phenoxy) is 1. The van der Waals surface area contributed by atoms with Crippen LogP contribution in [-0.2, 0) is 6.54 Å². The Morgan fingerprint density at radius 2 is 1.97 bits per heavy atom. The van der Waals surface area contributed by atoms with Crippen molar-refractivity contribution in [3.8, 4) is 5.75 Å². The summed E-state index contributed by atoms with van der Waals surface area (Å²) in [6, 6.07) is 17.1. The molecule has 0 spiro atoms. The standard InChI is InChI=1S/C24H29N3O2/c28-24(26-19-10-11-23-18(14-19)15-25-12-13-29-23)27-16-21(17-6-2-1-3-7-17)20-8-4-5-9-22(20)27/h1-3,6-7,10-11,14,20-22,25H,4-5,8-9,12-13,15-16H2,(H,26,28). The van der Waals surface area contributed by atoms with Gasteiger partial charge < -0.3 is 20.3 Å². The number of benzene rings is 2. The molecule has 2 aromatic rings. The molecule has 0 aromatic heterocycles. The molecule has 1 saturated carbocycles. The van der Waals surface area contributed by atoms with Crippen LogP contribution in [0.5, 0.6) is 5.75 Å². The normalized spacial score (nSPS) is 26.1. The Bertz CT molecular complexity index is 870. The zero-order chi connectivity index (χ0) is 19.6. The van der Waals surface area contributed by atoms with Gasteiger partial charge in [0.2, 0.25) is 0 Å². The summed E-state index contributed by atoms with van der Waals surface area (Å²) in [5.74, 6) is 1.92. The van der Waals surface area contributed by atoms with Gasteiger partial charge in [0.25, 0.3) is 0 Å². The van der Waals surface area contributed by atoms with Crippen LogP contribution in [0.25, 0.3) is 0 Å². The summed E-state index contributed by atoms with van der Waals surface area (Å²) in [7, 11) is 0. The van der Waals surface area contributed by atoms with Crippen LogP contribution in [0.15, 0.2) is 48.5 Å². The van der Waals surface area contributed by atoms with E-state index in [2.05, 4.69) is 45.9 Å². The van der Waals surface area contributed by atoms with Gasteiger partial charge in [0.15, 0.2) is 0 Å². The minimum Gasteiger partial charge on any atom is -0.492 e. The number of rotatable bonds is 2. The van der Waals surface area contributed by atoms with E-state index in [1.165, 1.54) is 24.8 Å². The molecule has 2 aliphatic heterocycles. The summed E-state index contributed by atoms with van der Waals surface area (Å²) in [5, 5.41) is 6.52. The quantitative estimate of drug-likeness (QED) is 0.800. The van der Waals surface area contributed by atoms with Gasteiger partial charge in [0.1, 0.15) is 12.4 Å². The van der Waals surface area contributed by atoms with Crippen LogP contribution < -0.4 is 15.4 Å². The van der Waals surface area contributed by atoms with E-state index in [0.717, 1.165) is 43.1 Å². The molecule has 1 aliphatic carbocycles. The Labute approximate surface area is 172 Å². The third-order valence-electron chi connectivity index (χ3n) is 6.74. The average Bonchev–Trinajstić information content (AvgIpc) is 2.99. The van der Waals surface area contributed by atoms with Gasteiger partial charge in [-0.25, -0.2) is 4.79 Å². The summed E-state index contributed by atoms with van der Waals surface area (Å²) in [6.07, 6.45) is 4.82. The van der Waals surface area contributed by atoms with E-state index in [1.807, 2.05) is 18.2 Å². The number of anilines is 1. The van der Waals surface area contributed by atoms with Crippen molar-refractivity contribution in [1.82, 2.24) is 10.2 Å². The number of hydrogen-bond donors (Lipinski definition) is 2. The second-order valence-corrected chi connectivity index (χ2v) is 8.46. The summed E-state index contributed by atoms with van der Waals surface area (Å²) in [6.45, 7) is 3.09. The van der Waals surface area contributed by atoms with Crippen LogP contribution in [0.1, 0.15) is 42.7 Å². The molecule has 2 amide bonds. The smallest absolute Gasteiger partial charge is 0.322 e. The molecule has 152 valence electrons. The number of amides is 2. The fourth-order valence-corrected chi connectivity index (χ4v) is 5.35. The van der Waals surface area contributed by atoms with Crippen molar-refractivity contribution in [3.63, 3.8) is 0 Å². The summed E-state index contributed by atoms with van der Waals surface area (Å²) in [4.78, 5) is 15.3. The highest BCUT2D eigenvalue weighted by Gasteiger charge is 2.45. The van der Waals surface area contributed by atoms with Crippen LogP contribution in [0.2, 0.25) is 0 Å². The van der Waals surface area contributed by atoms with E-state index in [0.29, 0.717) is 24.5 Å². The molecule has 5 nitrogen and oxygen atoms in total. The predicted octanol–water partition coefficient (Wildman–Crippen LogP) is 4.36. The van der Waals surface area contributed by atoms with Crippen LogP contribution in [0, 0.1) is 5.92 Å². The third-order valence-corrected chi connectivity index (χ3v) is 6.74. The van der Waals surface area contributed by atoms with E-state index in [1.54, 1.807) is 0 Å². The Morgan fingerprint density at radius 1 is 1.10 bits per heavy atom. The van der Waals surface area contributed by atoms with E-state index < -0.39 is 0 Å². The fourth-order valence-electron chi connectivity index (χ4n) is 5.35. The second-order valence-electron chi connectivity index (χ2n) is 8.46. The van der Waals surface area contributed by atoms with Crippen molar-refractivity contribution >= 4 is 11.7 Å². The predicted molar refractivity (Wildman–Crippen MR) is 114 cm³/mol. The van der Waals surface area contributed by atoms with Crippen LogP contribution >= 0.6 is 0 Å². The summed E-state index contributed by atoms with van der Waals surface area (Å²) < 4.78 is 5.76. The fraction of sp³-hybridized carbons (Fsp3) is 0.458. The van der Waals surface area contributed by atoms with E-state index in [9.17, 15) is 4.79 Å². The lowest BCUT2D eigenvalue weighted by Crippen LogP contribution is -2.41. The molecule has 1 saturated heterocycles. The lowest BCUT2D eigenvalue weighted by atomic mass is 9.77. The Hall–Kier alpha value is -2.53. The van der Waals surface area contributed by atoms with Crippen molar-refractivity contribution in [2.24, 2.45) is 5.92 Å². The first-order chi connectivity index (χ1) is 14.3. The van der Waals surface area contributed by atoms with Gasteiger partial charge in [0.05, 0.1) is 0 Å². The third kappa shape index (κ3) is 3.71. The maximum Gasteiger partial charge on any atom is 0.322 e. The number of hydrogen-bond acceptors (Lipinski definition) is 3. The zero-order valence-electron chi connectivity index (χ0n) is 16.8. The SMILES string of the molecule is O=C(Nc1ccc2c(c1)CNCCO2)N1CC(c2ccccc2)C2CCCCC21. The topological polar surface area (TPSA) is 53.6 Å². The van der Waals surface area contributed by atoms with Gasteiger partial charge in [-0.1, -0.05) is 43.2 Å². The molecule has 2 fully saturated rings. The van der Waals surface area contributed by atoms with Gasteiger partial charge in [-0.2, -0.15) is 0 Å². The Morgan fingerprint density at radius 3 is 2.86 bits per heavy atom. The first kappa shape index (κ1) is 18.5. The Kier molecular flexibility index (Phi) is 5.15. The van der Waals surface area contributed by atoms with E-state index in [-0.39, 0.29) is 6.03 Å². The summed E-state index contributed by atoms with van der Waals surface area (Å²) >= 11 is 0. The first-order valence-electron chi connectivity index (χ1n) is 10.9. The molecule has 2 heterocycles. The van der Waals surface area contributed by atoms with E-state index in [4.69, 9.17) is 4.74 Å². The molecule has 3 atom stereocenters. The number of nitrogens with zero attached hydrogens (tertiary/aromatic N) is 1. The highest BCUT2D eigenvalue weighted by molar-refractivity contribution is 5.90. The molecule has 0 radical (unpaired) electrons. The maximum absolute atomic E-state index is 13.3. The van der Waals surface area contributed by atoms with Crippen molar-refractivity contribution < 1.29 is 9.53 Å². The van der Waals surface area contributed by atoms with E-state index >= 15 is 0 Å². The number of carbonyl (C=O) groups is 1. The van der Waals surface area contributed by atoms with Crippen LogP contribution in [0.4, 0.5) is 10.5 Å². The van der Waals surface area contributed by atoms with Gasteiger partial charge in [0, 0.05) is 42.8 Å². The van der Waals surface area contributed by atoms with Crippen LogP contribution in [0.3, 0.4) is 0 Å². The largest absolute Gasteiger partial charge is 0.492 e. The number of likely N-dealkylation sites (tertiary alicyclic amines) is 1. The molecular weight excluding hydrogens is 362 g/mol. The monoisotopic (exact) mass is 391 g/mol. The molecule has 29 heavy (non-hydrogen) atoms. The van der Waals surface area contributed by atoms with Crippen LogP contribution in [-0.4, -0.2) is 36.7 Å². The maximum atomic E-state index is 13.3. The molecule has 2 aromatic carbocycles. The van der Waals surface area contributed by atoms with Crippen molar-refractivity contribution in [3.05, 3.63) is 59.7 Å². The van der Waals surface area contributed by atoms with Crippen molar-refractivity contribution in [1.29, 1.82) is 0 Å². The van der Waals surface area contributed by atoms with Gasteiger partial charge >= 0.3 is 6.03 Å². The van der Waals surface area contributed by atoms with Gasteiger partial charge in [-0.15, -0.1) is 0 Å². The Balaban J connectivity index is 1.34. The second kappa shape index (κ2) is 8.07. The van der Waals surface area contributed by atoms with Gasteiger partial charge in [-0.3, -0.25) is 0 Å². The number of urea groups is 1. The van der Waals surface area contributed by atoms with Crippen molar-refractivity contribution in [2.75, 3.05) is 25.0 Å². The zero-order valence-corrected chi connectivity index (χ0v) is 16.8. The highest BCUT2D eigenvalue weighted by Crippen LogP contribution is 2.45. The number of nitrogens with one attached hydrogen (secondary N) is 2. The molecule has 3 unspecified atom stereocenters. The minimum atomic E-state index is 0.0304. The first-order valence-corrected chi connectivity index (χ1v) is 10.9. The minimum absolute atomic E-state index is 0.0304. The highest BCUT2D eigenvalue weighted by atomic mass is 16.5. The molecule has 3 aliphatic rings. The summed E-state index contributed by atoms with van der Waals surface area (Å²) in [5.41, 5.74) is 3.31. The lowest BCUT2D eigenvalue weighted by molar-refractivity contribution is 0.181. The van der Waals surface area contributed by atoms with Crippen molar-refractivity contribution in [2.45, 2.75) is 44.2 Å². The number of carbonyl (C=O) groups excluding carboxylic acids is 1. The number of fused-ring (bicyclic) bond motifs is 2. The molecule has 0 bridgehead atoms. The molecule has 5 rings (SSSR count).